The molecule has 0 amide bonds. The Labute approximate surface area is 124 Å². The molecule has 0 aliphatic carbocycles. The molecule has 0 fully saturated rings. The fourth-order valence-corrected chi connectivity index (χ4v) is 3.97. The van der Waals surface area contributed by atoms with Crippen molar-refractivity contribution in [1.82, 2.24) is 0 Å². The summed E-state index contributed by atoms with van der Waals surface area (Å²) >= 11 is 1.03. The molecular formula is C11H9F3N2O3S2. The van der Waals surface area contributed by atoms with Crippen LogP contribution in [0.1, 0.15) is 18.9 Å². The standard InChI is InChI=1S/C11H9F3N2O3S2/c1-2-3-15-8-5(16(18)19)4-6-9(21-10(17)20-6)7(8)11(12,13)14/h4,15H,2-3H2,1H3. The lowest BCUT2D eigenvalue weighted by molar-refractivity contribution is -0.384. The van der Waals surface area contributed by atoms with Crippen molar-refractivity contribution in [3.8, 4) is 0 Å². The van der Waals surface area contributed by atoms with Crippen LogP contribution in [0.15, 0.2) is 10.9 Å². The molecule has 0 saturated heterocycles. The number of hydrogen-bond acceptors (Lipinski definition) is 6. The molecule has 5 nitrogen and oxygen atoms in total. The Kier molecular flexibility index (Phi) is 4.19. The van der Waals surface area contributed by atoms with Crippen LogP contribution in [0.4, 0.5) is 24.5 Å². The van der Waals surface area contributed by atoms with Gasteiger partial charge in [-0.1, -0.05) is 29.6 Å². The van der Waals surface area contributed by atoms with Crippen molar-refractivity contribution in [3.63, 3.8) is 0 Å². The van der Waals surface area contributed by atoms with Gasteiger partial charge in [-0.25, -0.2) is 0 Å². The quantitative estimate of drug-likeness (QED) is 0.674. The molecule has 1 aromatic heterocycles. The number of halogens is 3. The topological polar surface area (TPSA) is 72.2 Å². The van der Waals surface area contributed by atoms with Gasteiger partial charge in [-0.15, -0.1) is 0 Å². The maximum Gasteiger partial charge on any atom is 0.420 e. The highest BCUT2D eigenvalue weighted by molar-refractivity contribution is 7.35. The van der Waals surface area contributed by atoms with Gasteiger partial charge in [0.25, 0.3) is 9.74 Å². The Morgan fingerprint density at radius 2 is 2.05 bits per heavy atom. The van der Waals surface area contributed by atoms with E-state index in [1.165, 1.54) is 0 Å². The van der Waals surface area contributed by atoms with Gasteiger partial charge in [-0.05, 0) is 6.42 Å². The zero-order valence-electron chi connectivity index (χ0n) is 10.6. The van der Waals surface area contributed by atoms with Gasteiger partial charge < -0.3 is 5.32 Å². The van der Waals surface area contributed by atoms with Crippen molar-refractivity contribution in [1.29, 1.82) is 0 Å². The highest BCUT2D eigenvalue weighted by Crippen LogP contribution is 2.46. The fourth-order valence-electron chi connectivity index (χ4n) is 1.84. The molecule has 0 aliphatic rings. The smallest absolute Gasteiger partial charge is 0.379 e. The third kappa shape index (κ3) is 3.00. The van der Waals surface area contributed by atoms with Gasteiger partial charge in [0.15, 0.2) is 0 Å². The third-order valence-corrected chi connectivity index (χ3v) is 4.77. The summed E-state index contributed by atoms with van der Waals surface area (Å²) in [5.74, 6) is 0. The second-order valence-electron chi connectivity index (χ2n) is 4.11. The minimum Gasteiger partial charge on any atom is -0.379 e. The van der Waals surface area contributed by atoms with E-state index in [1.807, 2.05) is 0 Å². The van der Waals surface area contributed by atoms with Crippen LogP contribution in [0.3, 0.4) is 0 Å². The average Bonchev–Trinajstić information content (AvgIpc) is 2.72. The molecule has 1 aromatic carbocycles. The molecule has 0 spiro atoms. The van der Waals surface area contributed by atoms with E-state index in [9.17, 15) is 28.1 Å². The number of nitrogens with zero attached hydrogens (tertiary/aromatic N) is 1. The molecule has 2 aromatic rings. The van der Waals surface area contributed by atoms with Crippen molar-refractivity contribution in [2.24, 2.45) is 0 Å². The summed E-state index contributed by atoms with van der Waals surface area (Å²) in [4.78, 5) is 21.5. The largest absolute Gasteiger partial charge is 0.420 e. The molecule has 10 heteroatoms. The Morgan fingerprint density at radius 1 is 1.38 bits per heavy atom. The highest BCUT2D eigenvalue weighted by Gasteiger charge is 2.40. The number of anilines is 1. The average molecular weight is 338 g/mol. The van der Waals surface area contributed by atoms with Gasteiger partial charge in [0.2, 0.25) is 0 Å². The molecule has 0 aliphatic heterocycles. The van der Waals surface area contributed by atoms with Crippen LogP contribution in [-0.2, 0) is 6.18 Å². The Hall–Kier alpha value is -1.68. The first-order valence-electron chi connectivity index (χ1n) is 5.81. The SMILES string of the molecule is CCCNc1c([N+](=O)[O-])cc2sc(=O)sc2c1C(F)(F)F. The minimum atomic E-state index is -4.79. The van der Waals surface area contributed by atoms with Crippen molar-refractivity contribution in [3.05, 3.63) is 30.6 Å². The fraction of sp³-hybridized carbons (Fsp3) is 0.364. The van der Waals surface area contributed by atoms with E-state index in [2.05, 4.69) is 5.32 Å². The summed E-state index contributed by atoms with van der Waals surface area (Å²) in [5.41, 5.74) is -2.38. The highest BCUT2D eigenvalue weighted by atomic mass is 32.2. The van der Waals surface area contributed by atoms with E-state index >= 15 is 0 Å². The number of rotatable bonds is 4. The van der Waals surface area contributed by atoms with Gasteiger partial charge >= 0.3 is 6.18 Å². The van der Waals surface area contributed by atoms with E-state index in [4.69, 9.17) is 0 Å². The summed E-state index contributed by atoms with van der Waals surface area (Å²) < 4.78 is 39.1. The number of hydrogen-bond donors (Lipinski definition) is 1. The predicted octanol–water partition coefficient (Wildman–Crippen LogP) is 4.07. The van der Waals surface area contributed by atoms with Gasteiger partial charge in [-0.2, -0.15) is 13.2 Å². The van der Waals surface area contributed by atoms with Crippen LogP contribution < -0.4 is 9.37 Å². The van der Waals surface area contributed by atoms with Crippen LogP contribution in [0.25, 0.3) is 9.40 Å². The maximum absolute atomic E-state index is 13.3. The second-order valence-corrected chi connectivity index (χ2v) is 6.37. The molecule has 21 heavy (non-hydrogen) atoms. The maximum atomic E-state index is 13.3. The number of nitrogens with one attached hydrogen (secondary N) is 1. The van der Waals surface area contributed by atoms with Gasteiger partial charge in [-0.3, -0.25) is 14.9 Å². The molecule has 0 unspecified atom stereocenters. The lowest BCUT2D eigenvalue weighted by atomic mass is 10.1. The molecule has 0 radical (unpaired) electrons. The van der Waals surface area contributed by atoms with E-state index < -0.39 is 32.1 Å². The van der Waals surface area contributed by atoms with Crippen LogP contribution in [0.2, 0.25) is 0 Å². The van der Waals surface area contributed by atoms with E-state index in [1.54, 1.807) is 6.92 Å². The molecule has 0 saturated carbocycles. The van der Waals surface area contributed by atoms with Crippen LogP contribution in [0.5, 0.6) is 0 Å². The Balaban J connectivity index is 2.88. The second kappa shape index (κ2) is 5.60. The summed E-state index contributed by atoms with van der Waals surface area (Å²) in [6.45, 7) is 1.89. The molecule has 0 atom stereocenters. The number of benzene rings is 1. The molecule has 1 heterocycles. The number of fused-ring (bicyclic) bond motifs is 1. The zero-order chi connectivity index (χ0) is 15.8. The Bertz CT molecular complexity index is 751. The molecule has 1 N–H and O–H groups in total. The van der Waals surface area contributed by atoms with Crippen LogP contribution >= 0.6 is 22.7 Å². The first-order chi connectivity index (χ1) is 9.75. The van der Waals surface area contributed by atoms with Crippen LogP contribution in [-0.4, -0.2) is 11.5 Å². The van der Waals surface area contributed by atoms with Gasteiger partial charge in [0, 0.05) is 12.6 Å². The number of alkyl halides is 3. The first-order valence-corrected chi connectivity index (χ1v) is 7.45. The normalized spacial score (nSPS) is 11.8. The summed E-state index contributed by atoms with van der Waals surface area (Å²) in [6, 6.07) is 1.02. The predicted molar refractivity (Wildman–Crippen MR) is 76.4 cm³/mol. The van der Waals surface area contributed by atoms with Crippen molar-refractivity contribution in [2.45, 2.75) is 19.5 Å². The summed E-state index contributed by atoms with van der Waals surface area (Å²) in [5, 5.41) is 13.5. The van der Waals surface area contributed by atoms with E-state index in [0.29, 0.717) is 29.1 Å². The summed E-state index contributed by atoms with van der Waals surface area (Å²) in [7, 11) is 0. The first kappa shape index (κ1) is 15.7. The molecule has 0 bridgehead atoms. The number of nitro benzene ring substituents is 1. The molecule has 114 valence electrons. The van der Waals surface area contributed by atoms with Gasteiger partial charge in [0.05, 0.1) is 14.3 Å². The van der Waals surface area contributed by atoms with Crippen molar-refractivity contribution in [2.75, 3.05) is 11.9 Å². The van der Waals surface area contributed by atoms with Crippen molar-refractivity contribution >= 4 is 43.4 Å². The van der Waals surface area contributed by atoms with Crippen LogP contribution in [0, 0.1) is 10.1 Å². The lowest BCUT2D eigenvalue weighted by Crippen LogP contribution is -2.13. The molecular weight excluding hydrogens is 329 g/mol. The summed E-state index contributed by atoms with van der Waals surface area (Å²) in [6.07, 6.45) is -4.28. The van der Waals surface area contributed by atoms with Crippen molar-refractivity contribution < 1.29 is 18.1 Å². The van der Waals surface area contributed by atoms with Gasteiger partial charge in [0.1, 0.15) is 11.3 Å². The minimum absolute atomic E-state index is 0.0222. The zero-order valence-corrected chi connectivity index (χ0v) is 12.2. The van der Waals surface area contributed by atoms with E-state index in [-0.39, 0.29) is 15.9 Å². The third-order valence-electron chi connectivity index (χ3n) is 2.64. The Morgan fingerprint density at radius 3 is 2.57 bits per heavy atom. The lowest BCUT2D eigenvalue weighted by Gasteiger charge is -2.15. The number of nitro groups is 1. The van der Waals surface area contributed by atoms with E-state index in [0.717, 1.165) is 6.07 Å². The molecule has 2 rings (SSSR count). The monoisotopic (exact) mass is 338 g/mol.